The van der Waals surface area contributed by atoms with Gasteiger partial charge in [-0.3, -0.25) is 4.79 Å². The average molecular weight is 282 g/mol. The largest absolute Gasteiger partial charge is 0.399 e. The molecule has 19 heavy (non-hydrogen) atoms. The van der Waals surface area contributed by atoms with E-state index in [0.29, 0.717) is 11.3 Å². The topological polar surface area (TPSA) is 80.5 Å². The number of nitrogens with two attached hydrogens (primary N) is 1. The van der Waals surface area contributed by atoms with Crippen LogP contribution in [0.5, 0.6) is 0 Å². The lowest BCUT2D eigenvalue weighted by molar-refractivity contribution is 0.0712. The maximum absolute atomic E-state index is 12.5. The molecule has 2 N–H and O–H groups in total. The van der Waals surface area contributed by atoms with E-state index in [1.807, 2.05) is 6.92 Å². The van der Waals surface area contributed by atoms with E-state index in [-0.39, 0.29) is 30.0 Å². The van der Waals surface area contributed by atoms with E-state index in [2.05, 4.69) is 0 Å². The molecule has 1 unspecified atom stereocenters. The number of hydrogen-bond donors (Lipinski definition) is 1. The number of benzene rings is 1. The second-order valence-electron chi connectivity index (χ2n) is 5.04. The summed E-state index contributed by atoms with van der Waals surface area (Å²) < 4.78 is 23.1. The number of carbonyl (C=O) groups excluding carboxylic acids is 1. The van der Waals surface area contributed by atoms with E-state index in [1.54, 1.807) is 30.0 Å². The fraction of sp³-hybridized carbons (Fsp3) is 0.462. The van der Waals surface area contributed by atoms with Gasteiger partial charge in [-0.25, -0.2) is 8.42 Å². The first-order chi connectivity index (χ1) is 8.80. The molecule has 1 aromatic carbocycles. The maximum Gasteiger partial charge on any atom is 0.254 e. The average Bonchev–Trinajstić information content (AvgIpc) is 2.30. The number of nitrogens with zero attached hydrogens (tertiary/aromatic N) is 1. The number of aryl methyl sites for hydroxylation is 1. The van der Waals surface area contributed by atoms with Gasteiger partial charge in [0.2, 0.25) is 0 Å². The SMILES string of the molecule is Cc1ccc(N)cc1C(=O)N1CCS(=O)(=O)CC1C. The quantitative estimate of drug-likeness (QED) is 0.774. The Labute approximate surface area is 113 Å². The highest BCUT2D eigenvalue weighted by molar-refractivity contribution is 7.91. The zero-order valence-electron chi connectivity index (χ0n) is 11.1. The molecule has 0 aromatic heterocycles. The molecule has 2 rings (SSSR count). The van der Waals surface area contributed by atoms with E-state index in [1.165, 1.54) is 0 Å². The summed E-state index contributed by atoms with van der Waals surface area (Å²) in [5.41, 5.74) is 7.63. The van der Waals surface area contributed by atoms with Crippen LogP contribution >= 0.6 is 0 Å². The number of sulfone groups is 1. The van der Waals surface area contributed by atoms with Gasteiger partial charge < -0.3 is 10.6 Å². The Morgan fingerprint density at radius 3 is 2.74 bits per heavy atom. The lowest BCUT2D eigenvalue weighted by atomic mass is 10.1. The lowest BCUT2D eigenvalue weighted by Crippen LogP contribution is -2.49. The van der Waals surface area contributed by atoms with E-state index in [0.717, 1.165) is 5.56 Å². The van der Waals surface area contributed by atoms with Crippen molar-refractivity contribution in [3.63, 3.8) is 0 Å². The van der Waals surface area contributed by atoms with Crippen LogP contribution in [0.15, 0.2) is 18.2 Å². The van der Waals surface area contributed by atoms with Crippen LogP contribution in [0.25, 0.3) is 0 Å². The Hall–Kier alpha value is -1.56. The first-order valence-corrected chi connectivity index (χ1v) is 8.00. The molecule has 0 spiro atoms. The molecule has 1 aliphatic rings. The number of rotatable bonds is 1. The van der Waals surface area contributed by atoms with Crippen molar-refractivity contribution < 1.29 is 13.2 Å². The summed E-state index contributed by atoms with van der Waals surface area (Å²) in [7, 11) is -3.02. The molecule has 1 atom stereocenters. The summed E-state index contributed by atoms with van der Waals surface area (Å²) >= 11 is 0. The zero-order chi connectivity index (χ0) is 14.2. The highest BCUT2D eigenvalue weighted by atomic mass is 32.2. The fourth-order valence-electron chi connectivity index (χ4n) is 2.33. The predicted molar refractivity (Wildman–Crippen MR) is 74.7 cm³/mol. The van der Waals surface area contributed by atoms with Crippen molar-refractivity contribution in [2.75, 3.05) is 23.8 Å². The zero-order valence-corrected chi connectivity index (χ0v) is 11.9. The molecule has 1 saturated heterocycles. The van der Waals surface area contributed by atoms with Crippen LogP contribution in [0.2, 0.25) is 0 Å². The van der Waals surface area contributed by atoms with Crippen molar-refractivity contribution in [3.05, 3.63) is 29.3 Å². The molecule has 1 aliphatic heterocycles. The smallest absolute Gasteiger partial charge is 0.254 e. The highest BCUT2D eigenvalue weighted by Gasteiger charge is 2.32. The predicted octanol–water partition coefficient (Wildman–Crippen LogP) is 0.836. The van der Waals surface area contributed by atoms with Gasteiger partial charge in [0.05, 0.1) is 11.5 Å². The second-order valence-corrected chi connectivity index (χ2v) is 7.27. The van der Waals surface area contributed by atoms with Gasteiger partial charge in [-0.05, 0) is 31.5 Å². The summed E-state index contributed by atoms with van der Waals surface area (Å²) in [6, 6.07) is 4.89. The fourth-order valence-corrected chi connectivity index (χ4v) is 3.88. The molecule has 0 radical (unpaired) electrons. The van der Waals surface area contributed by atoms with E-state index < -0.39 is 9.84 Å². The van der Waals surface area contributed by atoms with Crippen molar-refractivity contribution in [1.29, 1.82) is 0 Å². The molecule has 0 bridgehead atoms. The summed E-state index contributed by atoms with van der Waals surface area (Å²) in [5, 5.41) is 0. The van der Waals surface area contributed by atoms with Crippen molar-refractivity contribution in [2.24, 2.45) is 0 Å². The van der Waals surface area contributed by atoms with Crippen LogP contribution in [0.1, 0.15) is 22.8 Å². The van der Waals surface area contributed by atoms with Crippen LogP contribution in [0.3, 0.4) is 0 Å². The molecule has 6 heteroatoms. The van der Waals surface area contributed by atoms with Gasteiger partial charge in [0.15, 0.2) is 9.84 Å². The van der Waals surface area contributed by atoms with Crippen LogP contribution < -0.4 is 5.73 Å². The second kappa shape index (κ2) is 4.85. The van der Waals surface area contributed by atoms with Crippen LogP contribution in [-0.2, 0) is 9.84 Å². The normalized spacial score (nSPS) is 22.2. The summed E-state index contributed by atoms with van der Waals surface area (Å²) in [4.78, 5) is 14.1. The van der Waals surface area contributed by atoms with E-state index in [4.69, 9.17) is 5.73 Å². The van der Waals surface area contributed by atoms with Gasteiger partial charge in [0.25, 0.3) is 5.91 Å². The Balaban J connectivity index is 2.27. The molecule has 5 nitrogen and oxygen atoms in total. The summed E-state index contributed by atoms with van der Waals surface area (Å²) in [6.07, 6.45) is 0. The molecule has 1 fully saturated rings. The summed E-state index contributed by atoms with van der Waals surface area (Å²) in [5.74, 6) is -0.0860. The van der Waals surface area contributed by atoms with Crippen molar-refractivity contribution >= 4 is 21.4 Å². The van der Waals surface area contributed by atoms with Gasteiger partial charge in [0.1, 0.15) is 0 Å². The van der Waals surface area contributed by atoms with E-state index >= 15 is 0 Å². The first-order valence-electron chi connectivity index (χ1n) is 6.18. The van der Waals surface area contributed by atoms with Gasteiger partial charge in [0, 0.05) is 23.8 Å². The minimum Gasteiger partial charge on any atom is -0.399 e. The number of nitrogen functional groups attached to an aromatic ring is 1. The van der Waals surface area contributed by atoms with Crippen molar-refractivity contribution in [1.82, 2.24) is 4.90 Å². The van der Waals surface area contributed by atoms with Gasteiger partial charge in [-0.1, -0.05) is 6.07 Å². The Kier molecular flexibility index (Phi) is 3.54. The van der Waals surface area contributed by atoms with Crippen molar-refractivity contribution in [3.8, 4) is 0 Å². The Morgan fingerprint density at radius 1 is 1.42 bits per heavy atom. The molecular formula is C13H18N2O3S. The number of hydrogen-bond acceptors (Lipinski definition) is 4. The van der Waals surface area contributed by atoms with Crippen LogP contribution in [0, 0.1) is 6.92 Å². The van der Waals surface area contributed by atoms with Gasteiger partial charge in [-0.15, -0.1) is 0 Å². The monoisotopic (exact) mass is 282 g/mol. The third kappa shape index (κ3) is 2.89. The standard InChI is InChI=1S/C13H18N2O3S/c1-9-3-4-11(14)7-12(9)13(16)15-5-6-19(17,18)8-10(15)2/h3-4,7,10H,5-6,8,14H2,1-2H3. The van der Waals surface area contributed by atoms with Crippen LogP contribution in [-0.4, -0.2) is 43.3 Å². The highest BCUT2D eigenvalue weighted by Crippen LogP contribution is 2.19. The minimum atomic E-state index is -3.02. The van der Waals surface area contributed by atoms with Gasteiger partial charge in [-0.2, -0.15) is 0 Å². The molecule has 1 aromatic rings. The number of amides is 1. The Bertz CT molecular complexity index is 610. The van der Waals surface area contributed by atoms with E-state index in [9.17, 15) is 13.2 Å². The molecule has 1 amide bonds. The van der Waals surface area contributed by atoms with Gasteiger partial charge >= 0.3 is 0 Å². The number of carbonyl (C=O) groups is 1. The molecule has 0 saturated carbocycles. The molecule has 0 aliphatic carbocycles. The molecule has 104 valence electrons. The minimum absolute atomic E-state index is 0.0279. The molecule has 1 heterocycles. The third-order valence-corrected chi connectivity index (χ3v) is 5.22. The van der Waals surface area contributed by atoms with Crippen LogP contribution in [0.4, 0.5) is 5.69 Å². The third-order valence-electron chi connectivity index (χ3n) is 3.42. The van der Waals surface area contributed by atoms with Crippen molar-refractivity contribution in [2.45, 2.75) is 19.9 Å². The lowest BCUT2D eigenvalue weighted by Gasteiger charge is -2.33. The summed E-state index contributed by atoms with van der Waals surface area (Å²) in [6.45, 7) is 3.85. The maximum atomic E-state index is 12.5. The number of anilines is 1. The Morgan fingerprint density at radius 2 is 2.11 bits per heavy atom. The molecular weight excluding hydrogens is 264 g/mol. The first kappa shape index (κ1) is 13.9.